The van der Waals surface area contributed by atoms with E-state index in [1.807, 2.05) is 36.4 Å². The fourth-order valence-electron chi connectivity index (χ4n) is 1.64. The predicted molar refractivity (Wildman–Crippen MR) is 81.6 cm³/mol. The van der Waals surface area contributed by atoms with Gasteiger partial charge in [-0.1, -0.05) is 70.7 Å². The summed E-state index contributed by atoms with van der Waals surface area (Å²) >= 11 is 23.7. The van der Waals surface area contributed by atoms with Gasteiger partial charge in [-0.25, -0.2) is 0 Å². The van der Waals surface area contributed by atoms with Gasteiger partial charge in [0.05, 0.1) is 0 Å². The Morgan fingerprint density at radius 3 is 2.17 bits per heavy atom. The maximum absolute atomic E-state index is 6.19. The fraction of sp³-hybridized carbons (Fsp3) is 0. The highest BCUT2D eigenvalue weighted by molar-refractivity contribution is 6.57. The first-order valence-electron chi connectivity index (χ1n) is 5.15. The number of hydrogen-bond donors (Lipinski definition) is 0. The lowest BCUT2D eigenvalue weighted by Gasteiger charge is -2.08. The second-order valence-corrected chi connectivity index (χ2v) is 5.48. The molecule has 0 unspecified atom stereocenters. The molecule has 18 heavy (non-hydrogen) atoms. The van der Waals surface area contributed by atoms with Crippen LogP contribution in [-0.2, 0) is 0 Å². The van der Waals surface area contributed by atoms with Gasteiger partial charge in [-0.3, -0.25) is 0 Å². The lowest BCUT2D eigenvalue weighted by molar-refractivity contribution is 1.59. The molecule has 0 aliphatic heterocycles. The van der Waals surface area contributed by atoms with Crippen molar-refractivity contribution in [2.45, 2.75) is 0 Å². The molecule has 0 fully saturated rings. The summed E-state index contributed by atoms with van der Waals surface area (Å²) in [6, 6.07) is 13.1. The Bertz CT molecular complexity index is 598. The van der Waals surface area contributed by atoms with E-state index in [1.54, 1.807) is 12.1 Å². The third kappa shape index (κ3) is 3.21. The topological polar surface area (TPSA) is 0 Å². The maximum atomic E-state index is 6.19. The highest BCUT2D eigenvalue weighted by Gasteiger charge is 2.07. The van der Waals surface area contributed by atoms with E-state index in [4.69, 9.17) is 46.4 Å². The van der Waals surface area contributed by atoms with E-state index in [-0.39, 0.29) is 4.49 Å². The van der Waals surface area contributed by atoms with Gasteiger partial charge in [-0.15, -0.1) is 0 Å². The van der Waals surface area contributed by atoms with Gasteiger partial charge in [0.2, 0.25) is 0 Å². The van der Waals surface area contributed by atoms with Crippen molar-refractivity contribution in [3.8, 4) is 11.1 Å². The standard InChI is InChI=1S/C14H8Cl4/c15-12-4-2-1-3-10(12)11-7-9(8-14(17)18)5-6-13(11)16/h1-8H. The van der Waals surface area contributed by atoms with Crippen molar-refractivity contribution >= 4 is 52.5 Å². The molecule has 2 aromatic rings. The first-order valence-corrected chi connectivity index (χ1v) is 6.66. The van der Waals surface area contributed by atoms with Crippen LogP contribution in [0.25, 0.3) is 17.2 Å². The van der Waals surface area contributed by atoms with Crippen LogP contribution in [0.15, 0.2) is 47.0 Å². The van der Waals surface area contributed by atoms with Crippen LogP contribution in [0.1, 0.15) is 5.56 Å². The minimum atomic E-state index is 0.197. The number of halogens is 4. The summed E-state index contributed by atoms with van der Waals surface area (Å²) in [5, 5.41) is 1.28. The molecule has 2 rings (SSSR count). The van der Waals surface area contributed by atoms with Crippen LogP contribution in [0.3, 0.4) is 0 Å². The third-order valence-electron chi connectivity index (χ3n) is 2.43. The monoisotopic (exact) mass is 316 g/mol. The first kappa shape index (κ1) is 13.8. The maximum Gasteiger partial charge on any atom is 0.107 e. The molecule has 0 radical (unpaired) electrons. The largest absolute Gasteiger partial charge is 0.107 e. The van der Waals surface area contributed by atoms with Crippen LogP contribution >= 0.6 is 46.4 Å². The Kier molecular flexibility index (Phi) is 4.58. The van der Waals surface area contributed by atoms with E-state index in [0.29, 0.717) is 10.0 Å². The molecule has 0 N–H and O–H groups in total. The van der Waals surface area contributed by atoms with E-state index in [2.05, 4.69) is 0 Å². The minimum Gasteiger partial charge on any atom is -0.0837 e. The lowest BCUT2D eigenvalue weighted by Crippen LogP contribution is -1.83. The smallest absolute Gasteiger partial charge is 0.0837 e. The summed E-state index contributed by atoms with van der Waals surface area (Å²) in [5.74, 6) is 0. The number of rotatable bonds is 2. The summed E-state index contributed by atoms with van der Waals surface area (Å²) in [6.45, 7) is 0. The van der Waals surface area contributed by atoms with Crippen LogP contribution in [0.4, 0.5) is 0 Å². The van der Waals surface area contributed by atoms with Crippen molar-refractivity contribution in [1.29, 1.82) is 0 Å². The molecule has 0 bridgehead atoms. The zero-order valence-corrected chi connectivity index (χ0v) is 12.2. The van der Waals surface area contributed by atoms with Crippen LogP contribution < -0.4 is 0 Å². The fourth-order valence-corrected chi connectivity index (χ4v) is 2.35. The Morgan fingerprint density at radius 2 is 1.50 bits per heavy atom. The summed E-state index contributed by atoms with van der Waals surface area (Å²) in [4.78, 5) is 0. The second kappa shape index (κ2) is 5.99. The van der Waals surface area contributed by atoms with Gasteiger partial charge < -0.3 is 0 Å². The molecule has 0 amide bonds. The zero-order valence-electron chi connectivity index (χ0n) is 9.13. The Balaban J connectivity index is 2.57. The van der Waals surface area contributed by atoms with E-state index in [9.17, 15) is 0 Å². The first-order chi connectivity index (χ1) is 8.58. The summed E-state index contributed by atoms with van der Waals surface area (Å²) in [6.07, 6.45) is 1.65. The Morgan fingerprint density at radius 1 is 0.833 bits per heavy atom. The molecular weight excluding hydrogens is 310 g/mol. The summed E-state index contributed by atoms with van der Waals surface area (Å²) in [5.41, 5.74) is 2.60. The molecule has 0 aliphatic rings. The Labute approximate surface area is 126 Å². The van der Waals surface area contributed by atoms with Gasteiger partial charge in [0.15, 0.2) is 0 Å². The van der Waals surface area contributed by atoms with Crippen LogP contribution in [-0.4, -0.2) is 0 Å². The highest BCUT2D eigenvalue weighted by Crippen LogP contribution is 2.34. The van der Waals surface area contributed by atoms with Crippen LogP contribution in [0.2, 0.25) is 10.0 Å². The highest BCUT2D eigenvalue weighted by atomic mass is 35.5. The molecule has 4 heteroatoms. The van der Waals surface area contributed by atoms with E-state index >= 15 is 0 Å². The molecule has 2 aromatic carbocycles. The van der Waals surface area contributed by atoms with Gasteiger partial charge in [0.25, 0.3) is 0 Å². The van der Waals surface area contributed by atoms with Crippen molar-refractivity contribution in [3.05, 3.63) is 62.6 Å². The molecule has 0 nitrogen and oxygen atoms in total. The van der Waals surface area contributed by atoms with Gasteiger partial charge in [-0.2, -0.15) is 0 Å². The molecule has 0 spiro atoms. The van der Waals surface area contributed by atoms with Gasteiger partial charge in [0.1, 0.15) is 4.49 Å². The molecule has 0 saturated carbocycles. The number of benzene rings is 2. The number of hydrogen-bond acceptors (Lipinski definition) is 0. The molecule has 92 valence electrons. The average Bonchev–Trinajstić information content (AvgIpc) is 2.32. The second-order valence-electron chi connectivity index (χ2n) is 3.65. The Hall–Kier alpha value is -0.660. The third-order valence-corrected chi connectivity index (χ3v) is 3.31. The van der Waals surface area contributed by atoms with Crippen molar-refractivity contribution in [2.24, 2.45) is 0 Å². The van der Waals surface area contributed by atoms with Crippen LogP contribution in [0.5, 0.6) is 0 Å². The molecule has 0 atom stereocenters. The van der Waals surface area contributed by atoms with Crippen molar-refractivity contribution < 1.29 is 0 Å². The molecular formula is C14H8Cl4. The zero-order chi connectivity index (χ0) is 13.1. The van der Waals surface area contributed by atoms with Crippen molar-refractivity contribution in [1.82, 2.24) is 0 Å². The summed E-state index contributed by atoms with van der Waals surface area (Å²) < 4.78 is 0.197. The quantitative estimate of drug-likeness (QED) is 0.598. The molecule has 0 heterocycles. The van der Waals surface area contributed by atoms with Crippen molar-refractivity contribution in [3.63, 3.8) is 0 Å². The minimum absolute atomic E-state index is 0.197. The molecule has 0 saturated heterocycles. The van der Waals surface area contributed by atoms with Gasteiger partial charge >= 0.3 is 0 Å². The van der Waals surface area contributed by atoms with E-state index < -0.39 is 0 Å². The summed E-state index contributed by atoms with van der Waals surface area (Å²) in [7, 11) is 0. The average molecular weight is 318 g/mol. The van der Waals surface area contributed by atoms with Crippen molar-refractivity contribution in [2.75, 3.05) is 0 Å². The normalized spacial score (nSPS) is 10.2. The SMILES string of the molecule is ClC(Cl)=Cc1ccc(Cl)c(-c2ccccc2Cl)c1. The predicted octanol–water partition coefficient (Wildman–Crippen LogP) is 6.44. The van der Waals surface area contributed by atoms with Crippen LogP contribution in [0, 0.1) is 0 Å². The molecule has 0 aliphatic carbocycles. The lowest BCUT2D eigenvalue weighted by atomic mass is 10.0. The van der Waals surface area contributed by atoms with E-state index in [1.165, 1.54) is 0 Å². The molecule has 0 aromatic heterocycles. The van der Waals surface area contributed by atoms with Gasteiger partial charge in [-0.05, 0) is 29.8 Å². The van der Waals surface area contributed by atoms with E-state index in [0.717, 1.165) is 16.7 Å². The van der Waals surface area contributed by atoms with Gasteiger partial charge in [0, 0.05) is 21.2 Å².